The van der Waals surface area contributed by atoms with E-state index in [0.29, 0.717) is 6.54 Å². The van der Waals surface area contributed by atoms with Crippen LogP contribution in [0, 0.1) is 0 Å². The highest BCUT2D eigenvalue weighted by molar-refractivity contribution is 6.20. The van der Waals surface area contributed by atoms with E-state index in [-0.39, 0.29) is 5.38 Å². The van der Waals surface area contributed by atoms with Gasteiger partial charge in [0.25, 0.3) is 0 Å². The minimum atomic E-state index is 0.212. The maximum absolute atomic E-state index is 6.04. The zero-order valence-electron chi connectivity index (χ0n) is 8.41. The fourth-order valence-electron chi connectivity index (χ4n) is 1.18. The van der Waals surface area contributed by atoms with Crippen LogP contribution in [0.15, 0.2) is 18.5 Å². The Hall–Kier alpha value is -0.670. The first-order valence-corrected chi connectivity index (χ1v) is 5.37. The molecule has 0 aliphatic carbocycles. The maximum atomic E-state index is 6.04. The van der Waals surface area contributed by atoms with E-state index in [1.54, 1.807) is 12.4 Å². The summed E-state index contributed by atoms with van der Waals surface area (Å²) in [6.07, 6.45) is 5.66. The Morgan fingerprint density at radius 2 is 2.14 bits per heavy atom. The third kappa shape index (κ3) is 4.53. The van der Waals surface area contributed by atoms with Crippen molar-refractivity contribution in [3.8, 4) is 0 Å². The van der Waals surface area contributed by atoms with E-state index in [1.807, 2.05) is 6.07 Å². The third-order valence-electron chi connectivity index (χ3n) is 1.87. The largest absolute Gasteiger partial charge is 0.308 e. The first-order chi connectivity index (χ1) is 6.83. The van der Waals surface area contributed by atoms with Crippen molar-refractivity contribution in [2.45, 2.75) is 31.7 Å². The second-order valence-corrected chi connectivity index (χ2v) is 3.80. The highest BCUT2D eigenvalue weighted by Crippen LogP contribution is 2.03. The van der Waals surface area contributed by atoms with Crippen LogP contribution in [-0.2, 0) is 6.54 Å². The van der Waals surface area contributed by atoms with Gasteiger partial charge in [0.1, 0.15) is 5.82 Å². The molecule has 0 radical (unpaired) electrons. The number of aromatic nitrogens is 2. The van der Waals surface area contributed by atoms with Crippen LogP contribution < -0.4 is 5.32 Å². The van der Waals surface area contributed by atoms with Crippen LogP contribution in [0.2, 0.25) is 0 Å². The van der Waals surface area contributed by atoms with Gasteiger partial charge >= 0.3 is 0 Å². The fourth-order valence-corrected chi connectivity index (χ4v) is 1.50. The molecular weight excluding hydrogens is 198 g/mol. The van der Waals surface area contributed by atoms with Gasteiger partial charge in [-0.15, -0.1) is 11.6 Å². The summed E-state index contributed by atoms with van der Waals surface area (Å²) in [6, 6.07) is 1.81. The van der Waals surface area contributed by atoms with Gasteiger partial charge in [-0.2, -0.15) is 0 Å². The quantitative estimate of drug-likeness (QED) is 0.735. The molecule has 14 heavy (non-hydrogen) atoms. The van der Waals surface area contributed by atoms with E-state index in [9.17, 15) is 0 Å². The molecule has 0 fully saturated rings. The van der Waals surface area contributed by atoms with Crippen LogP contribution >= 0.6 is 11.6 Å². The predicted molar refractivity (Wildman–Crippen MR) is 58.3 cm³/mol. The van der Waals surface area contributed by atoms with Gasteiger partial charge in [-0.1, -0.05) is 13.3 Å². The van der Waals surface area contributed by atoms with Crippen LogP contribution in [0.5, 0.6) is 0 Å². The molecular formula is C10H16ClN3. The molecule has 1 N–H and O–H groups in total. The zero-order valence-corrected chi connectivity index (χ0v) is 9.17. The molecule has 0 saturated heterocycles. The van der Waals surface area contributed by atoms with Crippen LogP contribution in [0.1, 0.15) is 25.6 Å². The average Bonchev–Trinajstić information content (AvgIpc) is 2.20. The molecule has 1 heterocycles. The molecule has 78 valence electrons. The van der Waals surface area contributed by atoms with E-state index < -0.39 is 0 Å². The van der Waals surface area contributed by atoms with Gasteiger partial charge in [0, 0.05) is 24.3 Å². The van der Waals surface area contributed by atoms with E-state index in [2.05, 4.69) is 22.2 Å². The molecule has 0 saturated carbocycles. The van der Waals surface area contributed by atoms with Crippen molar-refractivity contribution >= 4 is 11.6 Å². The molecule has 0 amide bonds. The van der Waals surface area contributed by atoms with Gasteiger partial charge in [0.15, 0.2) is 0 Å². The van der Waals surface area contributed by atoms with Crippen molar-refractivity contribution in [2.24, 2.45) is 0 Å². The van der Waals surface area contributed by atoms with Gasteiger partial charge in [-0.25, -0.2) is 9.97 Å². The summed E-state index contributed by atoms with van der Waals surface area (Å²) in [7, 11) is 0. The van der Waals surface area contributed by atoms with Crippen LogP contribution in [0.3, 0.4) is 0 Å². The Balaban J connectivity index is 2.16. The van der Waals surface area contributed by atoms with E-state index in [1.165, 1.54) is 0 Å². The molecule has 1 aromatic rings. The minimum Gasteiger partial charge on any atom is -0.308 e. The first kappa shape index (κ1) is 11.4. The van der Waals surface area contributed by atoms with Gasteiger partial charge in [-0.05, 0) is 12.5 Å². The number of rotatable bonds is 6. The number of halogens is 1. The Labute approximate surface area is 89.9 Å². The van der Waals surface area contributed by atoms with Crippen molar-refractivity contribution in [3.05, 3.63) is 24.3 Å². The third-order valence-corrected chi connectivity index (χ3v) is 2.24. The molecule has 1 atom stereocenters. The molecule has 0 aromatic carbocycles. The van der Waals surface area contributed by atoms with Crippen molar-refractivity contribution in [3.63, 3.8) is 0 Å². The van der Waals surface area contributed by atoms with Gasteiger partial charge < -0.3 is 5.32 Å². The highest BCUT2D eigenvalue weighted by atomic mass is 35.5. The summed E-state index contributed by atoms with van der Waals surface area (Å²) >= 11 is 6.04. The monoisotopic (exact) mass is 213 g/mol. The lowest BCUT2D eigenvalue weighted by Crippen LogP contribution is -2.23. The molecule has 0 aliphatic rings. The topological polar surface area (TPSA) is 37.8 Å². The molecule has 1 aromatic heterocycles. The molecule has 4 heteroatoms. The van der Waals surface area contributed by atoms with Gasteiger partial charge in [0.2, 0.25) is 0 Å². The van der Waals surface area contributed by atoms with Crippen molar-refractivity contribution < 1.29 is 0 Å². The normalized spacial score (nSPS) is 12.7. The highest BCUT2D eigenvalue weighted by Gasteiger charge is 2.02. The standard InChI is InChI=1S/C10H16ClN3/c1-2-4-9(11)7-12-8-10-13-5-3-6-14-10/h3,5-6,9,12H,2,4,7-8H2,1H3. The van der Waals surface area contributed by atoms with E-state index in [4.69, 9.17) is 11.6 Å². The maximum Gasteiger partial charge on any atom is 0.141 e. The molecule has 0 aliphatic heterocycles. The van der Waals surface area contributed by atoms with E-state index in [0.717, 1.165) is 25.2 Å². The second kappa shape index (κ2) is 6.74. The molecule has 1 unspecified atom stereocenters. The number of hydrogen-bond donors (Lipinski definition) is 1. The Kier molecular flexibility index (Phi) is 5.49. The van der Waals surface area contributed by atoms with Gasteiger partial charge in [0.05, 0.1) is 6.54 Å². The van der Waals surface area contributed by atoms with Crippen molar-refractivity contribution in [1.29, 1.82) is 0 Å². The zero-order chi connectivity index (χ0) is 10.2. The molecule has 1 rings (SSSR count). The molecule has 0 spiro atoms. The number of alkyl halides is 1. The summed E-state index contributed by atoms with van der Waals surface area (Å²) in [5, 5.41) is 3.44. The molecule has 3 nitrogen and oxygen atoms in total. The summed E-state index contributed by atoms with van der Waals surface area (Å²) in [5.74, 6) is 0.813. The predicted octanol–water partition coefficient (Wildman–Crippen LogP) is 1.97. The van der Waals surface area contributed by atoms with E-state index >= 15 is 0 Å². The van der Waals surface area contributed by atoms with Crippen LogP contribution in [-0.4, -0.2) is 21.9 Å². The summed E-state index contributed by atoms with van der Waals surface area (Å²) in [5.41, 5.74) is 0. The Bertz CT molecular complexity index is 240. The molecule has 0 bridgehead atoms. The van der Waals surface area contributed by atoms with Crippen molar-refractivity contribution in [2.75, 3.05) is 6.54 Å². The number of hydrogen-bond acceptors (Lipinski definition) is 3. The Morgan fingerprint density at radius 3 is 2.79 bits per heavy atom. The summed E-state index contributed by atoms with van der Waals surface area (Å²) in [6.45, 7) is 3.64. The average molecular weight is 214 g/mol. The lowest BCUT2D eigenvalue weighted by Gasteiger charge is -2.08. The van der Waals surface area contributed by atoms with Crippen LogP contribution in [0.4, 0.5) is 0 Å². The van der Waals surface area contributed by atoms with Gasteiger partial charge in [-0.3, -0.25) is 0 Å². The van der Waals surface area contributed by atoms with Crippen LogP contribution in [0.25, 0.3) is 0 Å². The smallest absolute Gasteiger partial charge is 0.141 e. The number of nitrogens with zero attached hydrogens (tertiary/aromatic N) is 2. The minimum absolute atomic E-state index is 0.212. The fraction of sp³-hybridized carbons (Fsp3) is 0.600. The lowest BCUT2D eigenvalue weighted by atomic mass is 10.2. The second-order valence-electron chi connectivity index (χ2n) is 3.18. The number of nitrogens with one attached hydrogen (secondary N) is 1. The SMILES string of the molecule is CCCC(Cl)CNCc1ncccn1. The summed E-state index contributed by atoms with van der Waals surface area (Å²) < 4.78 is 0. The summed E-state index contributed by atoms with van der Waals surface area (Å²) in [4.78, 5) is 8.21. The Morgan fingerprint density at radius 1 is 1.43 bits per heavy atom. The van der Waals surface area contributed by atoms with Crippen molar-refractivity contribution in [1.82, 2.24) is 15.3 Å². The first-order valence-electron chi connectivity index (χ1n) is 4.93. The lowest BCUT2D eigenvalue weighted by molar-refractivity contribution is 0.608.